The van der Waals surface area contributed by atoms with E-state index >= 15 is 0 Å². The normalized spacial score (nSPS) is 14.5. The van der Waals surface area contributed by atoms with Crippen LogP contribution in [-0.2, 0) is 11.3 Å². The number of hydrogen-bond donors (Lipinski definition) is 1. The summed E-state index contributed by atoms with van der Waals surface area (Å²) in [6.45, 7) is 4.99. The topological polar surface area (TPSA) is 44.8 Å². The zero-order valence-corrected chi connectivity index (χ0v) is 17.6. The minimum absolute atomic E-state index is 0.221. The van der Waals surface area contributed by atoms with Crippen LogP contribution in [0.15, 0.2) is 66.7 Å². The van der Waals surface area contributed by atoms with Gasteiger partial charge in [-0.3, -0.25) is 4.90 Å². The Morgan fingerprint density at radius 1 is 1.00 bits per heavy atom. The van der Waals surface area contributed by atoms with E-state index in [0.29, 0.717) is 12.1 Å². The average molecular weight is 422 g/mol. The van der Waals surface area contributed by atoms with Crippen LogP contribution in [0, 0.1) is 5.82 Å². The Morgan fingerprint density at radius 3 is 2.58 bits per heavy atom. The SMILES string of the molecule is O=C(Nc1cccc2ccccc12)N(CCCN1CCOCC1)Cc1ccccc1F. The van der Waals surface area contributed by atoms with Crippen LogP contribution in [0.2, 0.25) is 0 Å². The van der Waals surface area contributed by atoms with Gasteiger partial charge >= 0.3 is 6.03 Å². The maximum atomic E-state index is 14.3. The van der Waals surface area contributed by atoms with Crippen LogP contribution in [0.25, 0.3) is 10.8 Å². The molecule has 0 radical (unpaired) electrons. The van der Waals surface area contributed by atoms with Crippen molar-refractivity contribution in [1.29, 1.82) is 0 Å². The number of anilines is 1. The molecule has 0 spiro atoms. The molecule has 6 heteroatoms. The van der Waals surface area contributed by atoms with Gasteiger partial charge in [0.15, 0.2) is 0 Å². The van der Waals surface area contributed by atoms with Gasteiger partial charge in [0.2, 0.25) is 0 Å². The zero-order chi connectivity index (χ0) is 21.5. The van der Waals surface area contributed by atoms with E-state index in [-0.39, 0.29) is 18.4 Å². The minimum Gasteiger partial charge on any atom is -0.379 e. The van der Waals surface area contributed by atoms with Crippen LogP contribution in [0.5, 0.6) is 0 Å². The maximum absolute atomic E-state index is 14.3. The van der Waals surface area contributed by atoms with Gasteiger partial charge in [-0.25, -0.2) is 9.18 Å². The lowest BCUT2D eigenvalue weighted by Crippen LogP contribution is -2.40. The number of fused-ring (bicyclic) bond motifs is 1. The zero-order valence-electron chi connectivity index (χ0n) is 17.6. The van der Waals surface area contributed by atoms with Crippen molar-refractivity contribution in [3.8, 4) is 0 Å². The summed E-state index contributed by atoms with van der Waals surface area (Å²) in [7, 11) is 0. The van der Waals surface area contributed by atoms with Gasteiger partial charge < -0.3 is 15.0 Å². The largest absolute Gasteiger partial charge is 0.379 e. The Hall–Kier alpha value is -2.96. The number of ether oxygens (including phenoxy) is 1. The van der Waals surface area contributed by atoms with Crippen LogP contribution < -0.4 is 5.32 Å². The van der Waals surface area contributed by atoms with Crippen molar-refractivity contribution in [3.05, 3.63) is 78.1 Å². The number of morpholine rings is 1. The van der Waals surface area contributed by atoms with E-state index in [1.807, 2.05) is 42.5 Å². The van der Waals surface area contributed by atoms with E-state index in [2.05, 4.69) is 10.2 Å². The van der Waals surface area contributed by atoms with E-state index in [0.717, 1.165) is 55.7 Å². The Morgan fingerprint density at radius 2 is 1.74 bits per heavy atom. The number of carbonyl (C=O) groups excluding carboxylic acids is 1. The maximum Gasteiger partial charge on any atom is 0.322 e. The average Bonchev–Trinajstić information content (AvgIpc) is 2.80. The molecule has 3 aromatic rings. The number of amides is 2. The summed E-state index contributed by atoms with van der Waals surface area (Å²) >= 11 is 0. The second-order valence-corrected chi connectivity index (χ2v) is 7.78. The third kappa shape index (κ3) is 5.60. The van der Waals surface area contributed by atoms with Crippen LogP contribution in [0.3, 0.4) is 0 Å². The predicted octanol–water partition coefficient (Wildman–Crippen LogP) is 4.74. The second kappa shape index (κ2) is 10.4. The van der Waals surface area contributed by atoms with Crippen LogP contribution >= 0.6 is 0 Å². The summed E-state index contributed by atoms with van der Waals surface area (Å²) in [6, 6.07) is 20.2. The number of urea groups is 1. The third-order valence-corrected chi connectivity index (χ3v) is 5.64. The molecule has 1 aliphatic heterocycles. The van der Waals surface area contributed by atoms with Gasteiger partial charge in [-0.2, -0.15) is 0 Å². The standard InChI is InChI=1S/C25H28FN3O2/c26-23-11-4-2-8-21(23)19-29(14-6-13-28-15-17-31-18-16-28)25(30)27-24-12-5-9-20-7-1-3-10-22(20)24/h1-5,7-12H,6,13-19H2,(H,27,30). The van der Waals surface area contributed by atoms with Crippen LogP contribution in [-0.4, -0.2) is 55.2 Å². The molecule has 0 unspecified atom stereocenters. The van der Waals surface area contributed by atoms with Crippen molar-refractivity contribution >= 4 is 22.5 Å². The summed E-state index contributed by atoms with van der Waals surface area (Å²) in [6.07, 6.45) is 0.817. The van der Waals surface area contributed by atoms with E-state index in [9.17, 15) is 9.18 Å². The molecule has 5 nitrogen and oxygen atoms in total. The Bertz CT molecular complexity index is 1020. The quantitative estimate of drug-likeness (QED) is 0.600. The highest BCUT2D eigenvalue weighted by Gasteiger charge is 2.18. The monoisotopic (exact) mass is 421 g/mol. The van der Waals surface area contributed by atoms with E-state index < -0.39 is 0 Å². The van der Waals surface area contributed by atoms with Gasteiger partial charge in [0, 0.05) is 37.1 Å². The first kappa shape index (κ1) is 21.3. The van der Waals surface area contributed by atoms with Gasteiger partial charge in [-0.05, 0) is 23.9 Å². The molecule has 1 fully saturated rings. The summed E-state index contributed by atoms with van der Waals surface area (Å²) in [5.74, 6) is -0.293. The van der Waals surface area contributed by atoms with Crippen molar-refractivity contribution in [1.82, 2.24) is 9.80 Å². The summed E-state index contributed by atoms with van der Waals surface area (Å²) < 4.78 is 19.7. The molecule has 0 aromatic heterocycles. The smallest absolute Gasteiger partial charge is 0.322 e. The highest BCUT2D eigenvalue weighted by atomic mass is 19.1. The van der Waals surface area contributed by atoms with E-state index in [1.54, 1.807) is 23.1 Å². The van der Waals surface area contributed by atoms with Gasteiger partial charge in [0.25, 0.3) is 0 Å². The first-order valence-corrected chi connectivity index (χ1v) is 10.8. The molecule has 0 saturated carbocycles. The Labute approximate surface area is 182 Å². The van der Waals surface area contributed by atoms with Crippen LogP contribution in [0.4, 0.5) is 14.9 Å². The lowest BCUT2D eigenvalue weighted by atomic mass is 10.1. The summed E-state index contributed by atoms with van der Waals surface area (Å²) in [4.78, 5) is 17.2. The highest BCUT2D eigenvalue weighted by Crippen LogP contribution is 2.23. The number of nitrogens with zero attached hydrogens (tertiary/aromatic N) is 2. The molecule has 1 saturated heterocycles. The number of benzene rings is 3. The number of hydrogen-bond acceptors (Lipinski definition) is 3. The van der Waals surface area contributed by atoms with Crippen molar-refractivity contribution in [2.45, 2.75) is 13.0 Å². The Kier molecular flexibility index (Phi) is 7.12. The molecule has 0 aliphatic carbocycles. The third-order valence-electron chi connectivity index (χ3n) is 5.64. The lowest BCUT2D eigenvalue weighted by Gasteiger charge is -2.28. The lowest BCUT2D eigenvalue weighted by molar-refractivity contribution is 0.0365. The molecular weight excluding hydrogens is 393 g/mol. The molecule has 4 rings (SSSR count). The van der Waals surface area contributed by atoms with Gasteiger partial charge in [-0.1, -0.05) is 54.6 Å². The highest BCUT2D eigenvalue weighted by molar-refractivity contribution is 6.01. The molecule has 3 aromatic carbocycles. The van der Waals surface area contributed by atoms with Crippen molar-refractivity contribution in [3.63, 3.8) is 0 Å². The number of carbonyl (C=O) groups is 1. The van der Waals surface area contributed by atoms with Crippen molar-refractivity contribution in [2.75, 3.05) is 44.7 Å². The summed E-state index contributed by atoms with van der Waals surface area (Å²) in [5.41, 5.74) is 1.27. The predicted molar refractivity (Wildman–Crippen MR) is 122 cm³/mol. The minimum atomic E-state index is -0.293. The first-order valence-electron chi connectivity index (χ1n) is 10.8. The van der Waals surface area contributed by atoms with Gasteiger partial charge in [0.05, 0.1) is 25.4 Å². The fraction of sp³-hybridized carbons (Fsp3) is 0.320. The summed E-state index contributed by atoms with van der Waals surface area (Å²) in [5, 5.41) is 5.09. The van der Waals surface area contributed by atoms with E-state index in [4.69, 9.17) is 4.74 Å². The molecule has 2 amide bonds. The number of nitrogens with one attached hydrogen (secondary N) is 1. The fourth-order valence-electron chi connectivity index (χ4n) is 3.92. The first-order chi connectivity index (χ1) is 15.2. The van der Waals surface area contributed by atoms with E-state index in [1.165, 1.54) is 6.07 Å². The van der Waals surface area contributed by atoms with Gasteiger partial charge in [0.1, 0.15) is 5.82 Å². The second-order valence-electron chi connectivity index (χ2n) is 7.78. The molecule has 1 aliphatic rings. The molecule has 31 heavy (non-hydrogen) atoms. The number of rotatable bonds is 7. The molecule has 162 valence electrons. The van der Waals surface area contributed by atoms with Gasteiger partial charge in [-0.15, -0.1) is 0 Å². The molecule has 1 N–H and O–H groups in total. The molecular formula is C25H28FN3O2. The Balaban J connectivity index is 1.47. The number of halogens is 1. The van der Waals surface area contributed by atoms with Crippen LogP contribution in [0.1, 0.15) is 12.0 Å². The molecule has 0 bridgehead atoms. The van der Waals surface area contributed by atoms with Crippen molar-refractivity contribution < 1.29 is 13.9 Å². The van der Waals surface area contributed by atoms with Crippen molar-refractivity contribution in [2.24, 2.45) is 0 Å². The molecule has 0 atom stereocenters. The molecule has 1 heterocycles. The fourth-order valence-corrected chi connectivity index (χ4v) is 3.92.